The third-order valence-electron chi connectivity index (χ3n) is 5.12. The zero-order chi connectivity index (χ0) is 18.4. The Morgan fingerprint density at radius 1 is 1.31 bits per heavy atom. The van der Waals surface area contributed by atoms with E-state index in [-0.39, 0.29) is 29.2 Å². The third kappa shape index (κ3) is 7.23. The van der Waals surface area contributed by atoms with Crippen LogP contribution in [0.25, 0.3) is 0 Å². The summed E-state index contributed by atoms with van der Waals surface area (Å²) in [6, 6.07) is 0.302. The fourth-order valence-electron chi connectivity index (χ4n) is 3.64. The summed E-state index contributed by atoms with van der Waals surface area (Å²) < 4.78 is 36.8. The molecule has 154 valence electrons. The molecule has 1 heterocycles. The van der Waals surface area contributed by atoms with E-state index < -0.39 is 20.8 Å². The lowest BCUT2D eigenvalue weighted by Crippen LogP contribution is -2.47. The van der Waals surface area contributed by atoms with Crippen molar-refractivity contribution in [3.63, 3.8) is 0 Å². The molecular weight excluding hydrogens is 487 g/mol. The van der Waals surface area contributed by atoms with Gasteiger partial charge in [0, 0.05) is 54.5 Å². The van der Waals surface area contributed by atoms with Crippen LogP contribution >= 0.6 is 24.0 Å². The Balaban J connectivity index is 0.00000338. The van der Waals surface area contributed by atoms with Crippen LogP contribution in [0.4, 0.5) is 0 Å². The average molecular weight is 521 g/mol. The van der Waals surface area contributed by atoms with Gasteiger partial charge < -0.3 is 10.6 Å². The second-order valence-electron chi connectivity index (χ2n) is 7.03. The number of halogens is 1. The van der Waals surface area contributed by atoms with E-state index >= 15 is 0 Å². The molecule has 4 atom stereocenters. The Hall–Kier alpha value is 0.0600. The highest BCUT2D eigenvalue weighted by atomic mass is 127. The highest BCUT2D eigenvalue weighted by Gasteiger charge is 2.29. The predicted octanol–water partition coefficient (Wildman–Crippen LogP) is 1.13. The SMILES string of the molecule is CCS(=O)C1CCCC(NC(=NC)NCC2CCN(S(C)(=O)=O)C2)C1.I. The number of aliphatic imine (C=N–C) groups is 1. The van der Waals surface area contributed by atoms with Crippen LogP contribution in [0.5, 0.6) is 0 Å². The molecule has 10 heteroatoms. The first-order valence-electron chi connectivity index (χ1n) is 9.13. The average Bonchev–Trinajstić information content (AvgIpc) is 3.07. The van der Waals surface area contributed by atoms with Crippen molar-refractivity contribution in [2.45, 2.75) is 50.3 Å². The lowest BCUT2D eigenvalue weighted by molar-refractivity contribution is 0.411. The molecule has 26 heavy (non-hydrogen) atoms. The van der Waals surface area contributed by atoms with Gasteiger partial charge in [0.2, 0.25) is 10.0 Å². The number of rotatable bonds is 6. The Kier molecular flexibility index (Phi) is 10.3. The van der Waals surface area contributed by atoms with Gasteiger partial charge in [0.1, 0.15) is 0 Å². The molecule has 1 aliphatic carbocycles. The second-order valence-corrected chi connectivity index (χ2v) is 11.0. The van der Waals surface area contributed by atoms with Gasteiger partial charge in [0.05, 0.1) is 6.26 Å². The van der Waals surface area contributed by atoms with Gasteiger partial charge in [-0.1, -0.05) is 13.3 Å². The van der Waals surface area contributed by atoms with Crippen molar-refractivity contribution in [2.75, 3.05) is 38.7 Å². The van der Waals surface area contributed by atoms with Gasteiger partial charge in [-0.2, -0.15) is 0 Å². The van der Waals surface area contributed by atoms with Crippen LogP contribution in [0.2, 0.25) is 0 Å². The van der Waals surface area contributed by atoms with Gasteiger partial charge in [0.25, 0.3) is 0 Å². The van der Waals surface area contributed by atoms with Crippen molar-refractivity contribution >= 4 is 50.8 Å². The first kappa shape index (κ1) is 24.1. The van der Waals surface area contributed by atoms with Gasteiger partial charge in [-0.05, 0) is 31.6 Å². The molecule has 2 N–H and O–H groups in total. The number of hydrogen-bond acceptors (Lipinski definition) is 4. The minimum absolute atomic E-state index is 0. The molecule has 2 aliphatic rings. The molecule has 0 aromatic carbocycles. The first-order valence-corrected chi connectivity index (χ1v) is 12.4. The number of hydrogen-bond donors (Lipinski definition) is 2. The summed E-state index contributed by atoms with van der Waals surface area (Å²) in [5.74, 6) is 1.79. The maximum atomic E-state index is 12.1. The summed E-state index contributed by atoms with van der Waals surface area (Å²) in [6.07, 6.45) is 6.28. The van der Waals surface area contributed by atoms with Gasteiger partial charge in [-0.15, -0.1) is 24.0 Å². The van der Waals surface area contributed by atoms with Crippen LogP contribution in [-0.4, -0.2) is 72.9 Å². The molecule has 1 saturated carbocycles. The Morgan fingerprint density at radius 2 is 2.04 bits per heavy atom. The number of nitrogens with one attached hydrogen (secondary N) is 2. The van der Waals surface area contributed by atoms with Crippen LogP contribution in [-0.2, 0) is 20.8 Å². The van der Waals surface area contributed by atoms with Crippen molar-refractivity contribution < 1.29 is 12.6 Å². The van der Waals surface area contributed by atoms with E-state index in [0.29, 0.717) is 31.6 Å². The van der Waals surface area contributed by atoms with Crippen LogP contribution in [0.1, 0.15) is 39.0 Å². The highest BCUT2D eigenvalue weighted by Crippen LogP contribution is 2.23. The van der Waals surface area contributed by atoms with Crippen molar-refractivity contribution in [1.29, 1.82) is 0 Å². The van der Waals surface area contributed by atoms with Crippen molar-refractivity contribution in [2.24, 2.45) is 10.9 Å². The Labute approximate surface area is 177 Å². The Morgan fingerprint density at radius 3 is 2.62 bits per heavy atom. The van der Waals surface area contributed by atoms with Gasteiger partial charge in [-0.3, -0.25) is 9.20 Å². The summed E-state index contributed by atoms with van der Waals surface area (Å²) in [4.78, 5) is 4.29. The molecule has 7 nitrogen and oxygen atoms in total. The van der Waals surface area contributed by atoms with Crippen LogP contribution in [0.3, 0.4) is 0 Å². The van der Waals surface area contributed by atoms with E-state index in [1.165, 1.54) is 6.26 Å². The standard InChI is InChI=1S/C16H32N4O3S2.HI/c1-4-24(21)15-7-5-6-14(10-15)19-16(17-2)18-11-13-8-9-20(12-13)25(3,22)23;/h13-15H,4-12H2,1-3H3,(H2,17,18,19);1H. The fraction of sp³-hybridized carbons (Fsp3) is 0.938. The minimum Gasteiger partial charge on any atom is -0.356 e. The normalized spacial score (nSPS) is 29.0. The molecule has 4 unspecified atom stereocenters. The van der Waals surface area contributed by atoms with Crippen LogP contribution in [0.15, 0.2) is 4.99 Å². The van der Waals surface area contributed by atoms with E-state index in [2.05, 4.69) is 15.6 Å². The van der Waals surface area contributed by atoms with Crippen LogP contribution in [0, 0.1) is 5.92 Å². The topological polar surface area (TPSA) is 90.9 Å². The maximum absolute atomic E-state index is 12.1. The summed E-state index contributed by atoms with van der Waals surface area (Å²) in [5.41, 5.74) is 0. The predicted molar refractivity (Wildman–Crippen MR) is 119 cm³/mol. The molecule has 1 aliphatic heterocycles. The molecule has 1 saturated heterocycles. The largest absolute Gasteiger partial charge is 0.356 e. The van der Waals surface area contributed by atoms with Gasteiger partial charge in [-0.25, -0.2) is 12.7 Å². The zero-order valence-electron chi connectivity index (χ0n) is 15.9. The molecule has 0 amide bonds. The van der Waals surface area contributed by atoms with E-state index in [9.17, 15) is 12.6 Å². The van der Waals surface area contributed by atoms with Crippen molar-refractivity contribution in [3.05, 3.63) is 0 Å². The molecule has 0 aromatic heterocycles. The van der Waals surface area contributed by atoms with Gasteiger partial charge in [0.15, 0.2) is 5.96 Å². The molecule has 0 spiro atoms. The minimum atomic E-state index is -3.09. The van der Waals surface area contributed by atoms with Crippen LogP contribution < -0.4 is 10.6 Å². The summed E-state index contributed by atoms with van der Waals surface area (Å²) >= 11 is 0. The monoisotopic (exact) mass is 520 g/mol. The Bertz CT molecular complexity index is 600. The van der Waals surface area contributed by atoms with Crippen molar-refractivity contribution in [3.8, 4) is 0 Å². The van der Waals surface area contributed by atoms with Crippen molar-refractivity contribution in [1.82, 2.24) is 14.9 Å². The molecular formula is C16H33IN4O3S2. The summed E-state index contributed by atoms with van der Waals surface area (Å²) in [5, 5.41) is 7.07. The molecule has 0 bridgehead atoms. The fourth-order valence-corrected chi connectivity index (χ4v) is 5.91. The molecule has 2 rings (SSSR count). The maximum Gasteiger partial charge on any atom is 0.211 e. The van der Waals surface area contributed by atoms with E-state index in [4.69, 9.17) is 0 Å². The van der Waals surface area contributed by atoms with Gasteiger partial charge >= 0.3 is 0 Å². The lowest BCUT2D eigenvalue weighted by Gasteiger charge is -2.30. The zero-order valence-corrected chi connectivity index (χ0v) is 19.9. The highest BCUT2D eigenvalue weighted by molar-refractivity contribution is 14.0. The number of sulfonamides is 1. The van der Waals surface area contributed by atoms with E-state index in [1.54, 1.807) is 11.4 Å². The molecule has 0 radical (unpaired) electrons. The number of nitrogens with zero attached hydrogens (tertiary/aromatic N) is 2. The third-order valence-corrected chi connectivity index (χ3v) is 8.13. The first-order chi connectivity index (χ1) is 11.8. The summed E-state index contributed by atoms with van der Waals surface area (Å²) in [7, 11) is -2.07. The number of guanidine groups is 1. The van der Waals surface area contributed by atoms with E-state index in [1.807, 2.05) is 6.92 Å². The quantitative estimate of drug-likeness (QED) is 0.312. The molecule has 2 fully saturated rings. The second kappa shape index (κ2) is 11.2. The lowest BCUT2D eigenvalue weighted by atomic mass is 9.95. The molecule has 0 aromatic rings. The summed E-state index contributed by atoms with van der Waals surface area (Å²) in [6.45, 7) is 3.87. The smallest absolute Gasteiger partial charge is 0.211 e. The van der Waals surface area contributed by atoms with E-state index in [0.717, 1.165) is 43.8 Å².